The Balaban J connectivity index is 2.20. The number of nitrogens with zero attached hydrogens (tertiary/aromatic N) is 4. The fourth-order valence-electron chi connectivity index (χ4n) is 2.83. The number of halogens is 1. The van der Waals surface area contributed by atoms with Gasteiger partial charge in [-0.2, -0.15) is 0 Å². The molecule has 0 N–H and O–H groups in total. The number of piperidine rings is 1. The molecular formula is C15H19FN4O. The number of hydrogen-bond donors (Lipinski definition) is 0. The van der Waals surface area contributed by atoms with Crippen molar-refractivity contribution in [2.24, 2.45) is 0 Å². The molecule has 1 unspecified atom stereocenters. The summed E-state index contributed by atoms with van der Waals surface area (Å²) in [6.07, 6.45) is 0.633. The van der Waals surface area contributed by atoms with E-state index in [4.69, 9.17) is 4.74 Å². The highest BCUT2D eigenvalue weighted by molar-refractivity contribution is 5.94. The second-order valence-corrected chi connectivity index (χ2v) is 5.45. The minimum Gasteiger partial charge on any atom is -0.480 e. The van der Waals surface area contributed by atoms with Gasteiger partial charge in [0, 0.05) is 12.2 Å². The molecule has 1 atom stereocenters. The summed E-state index contributed by atoms with van der Waals surface area (Å²) in [5, 5.41) is 0.766. The highest BCUT2D eigenvalue weighted by Gasteiger charge is 2.24. The van der Waals surface area contributed by atoms with Gasteiger partial charge in [0.15, 0.2) is 0 Å². The minimum absolute atomic E-state index is 0.364. The Morgan fingerprint density at radius 1 is 1.29 bits per heavy atom. The Labute approximate surface area is 123 Å². The second kappa shape index (κ2) is 5.42. The zero-order chi connectivity index (χ0) is 15.0. The number of methoxy groups -OCH3 is 1. The van der Waals surface area contributed by atoms with Crippen LogP contribution in [0.1, 0.15) is 24.4 Å². The van der Waals surface area contributed by atoms with Crippen molar-refractivity contribution in [1.29, 1.82) is 0 Å². The van der Waals surface area contributed by atoms with E-state index in [1.165, 1.54) is 0 Å². The van der Waals surface area contributed by atoms with Crippen LogP contribution >= 0.6 is 0 Å². The molecule has 0 radical (unpaired) electrons. The third-order valence-electron chi connectivity index (χ3n) is 3.72. The van der Waals surface area contributed by atoms with Crippen LogP contribution in [0.5, 0.6) is 5.88 Å². The van der Waals surface area contributed by atoms with E-state index in [2.05, 4.69) is 15.0 Å². The maximum Gasteiger partial charge on any atom is 0.226 e. The van der Waals surface area contributed by atoms with Gasteiger partial charge >= 0.3 is 0 Å². The van der Waals surface area contributed by atoms with E-state index in [1.807, 2.05) is 24.8 Å². The van der Waals surface area contributed by atoms with Crippen molar-refractivity contribution < 1.29 is 9.13 Å². The first-order valence-corrected chi connectivity index (χ1v) is 7.17. The lowest BCUT2D eigenvalue weighted by atomic mass is 10.1. The number of aryl methyl sites for hydroxylation is 2. The van der Waals surface area contributed by atoms with Crippen molar-refractivity contribution in [1.82, 2.24) is 15.0 Å². The summed E-state index contributed by atoms with van der Waals surface area (Å²) in [4.78, 5) is 15.4. The number of pyridine rings is 1. The first-order chi connectivity index (χ1) is 10.1. The number of fused-ring (bicyclic) bond motifs is 1. The van der Waals surface area contributed by atoms with Crippen LogP contribution < -0.4 is 9.64 Å². The third-order valence-corrected chi connectivity index (χ3v) is 3.72. The van der Waals surface area contributed by atoms with Gasteiger partial charge in [0.2, 0.25) is 5.88 Å². The number of ether oxygens (including phenoxy) is 1. The average molecular weight is 290 g/mol. The molecule has 0 spiro atoms. The Bertz CT molecular complexity index is 671. The average Bonchev–Trinajstić information content (AvgIpc) is 2.45. The minimum atomic E-state index is -0.812. The molecule has 1 aliphatic heterocycles. The van der Waals surface area contributed by atoms with E-state index >= 15 is 0 Å². The summed E-state index contributed by atoms with van der Waals surface area (Å²) in [6.45, 7) is 4.91. The lowest BCUT2D eigenvalue weighted by molar-refractivity contribution is 0.286. The van der Waals surface area contributed by atoms with Crippen LogP contribution in [0.25, 0.3) is 10.9 Å². The molecule has 2 aromatic rings. The summed E-state index contributed by atoms with van der Waals surface area (Å²) in [7, 11) is 1.58. The molecule has 0 aliphatic carbocycles. The fourth-order valence-corrected chi connectivity index (χ4v) is 2.83. The van der Waals surface area contributed by atoms with E-state index in [0.717, 1.165) is 35.4 Å². The lowest BCUT2D eigenvalue weighted by Crippen LogP contribution is -2.37. The SMILES string of the molecule is COc1nc(C)cc2nc(C)nc(N3CCCC(F)C3)c12. The predicted molar refractivity (Wildman–Crippen MR) is 79.7 cm³/mol. The molecule has 0 bridgehead atoms. The highest BCUT2D eigenvalue weighted by Crippen LogP contribution is 2.33. The van der Waals surface area contributed by atoms with Gasteiger partial charge in [-0.25, -0.2) is 19.3 Å². The summed E-state index contributed by atoms with van der Waals surface area (Å²) in [5.41, 5.74) is 1.63. The van der Waals surface area contributed by atoms with Crippen molar-refractivity contribution in [3.8, 4) is 5.88 Å². The Morgan fingerprint density at radius 2 is 2.10 bits per heavy atom. The lowest BCUT2D eigenvalue weighted by Gasteiger charge is -2.31. The van der Waals surface area contributed by atoms with Crippen LogP contribution in [0.15, 0.2) is 6.07 Å². The van der Waals surface area contributed by atoms with Crippen molar-refractivity contribution in [3.05, 3.63) is 17.6 Å². The molecule has 3 rings (SSSR count). The van der Waals surface area contributed by atoms with Gasteiger partial charge in [-0.3, -0.25) is 0 Å². The molecule has 1 aliphatic rings. The summed E-state index contributed by atoms with van der Waals surface area (Å²) < 4.78 is 19.1. The van der Waals surface area contributed by atoms with Crippen LogP contribution in [-0.2, 0) is 0 Å². The molecule has 0 saturated carbocycles. The number of anilines is 1. The molecule has 1 saturated heterocycles. The first kappa shape index (κ1) is 14.0. The summed E-state index contributed by atoms with van der Waals surface area (Å²) in [5.74, 6) is 1.90. The molecule has 6 heteroatoms. The van der Waals surface area contributed by atoms with Gasteiger partial charge in [0.25, 0.3) is 0 Å². The van der Waals surface area contributed by atoms with Crippen LogP contribution in [0, 0.1) is 13.8 Å². The molecule has 1 fully saturated rings. The first-order valence-electron chi connectivity index (χ1n) is 7.17. The van der Waals surface area contributed by atoms with Crippen molar-refractivity contribution >= 4 is 16.7 Å². The molecule has 0 amide bonds. The fraction of sp³-hybridized carbons (Fsp3) is 0.533. The van der Waals surface area contributed by atoms with Gasteiger partial charge in [-0.05, 0) is 32.8 Å². The summed E-state index contributed by atoms with van der Waals surface area (Å²) >= 11 is 0. The number of rotatable bonds is 2. The van der Waals surface area contributed by atoms with E-state index in [9.17, 15) is 4.39 Å². The normalized spacial score (nSPS) is 19.0. The maximum atomic E-state index is 13.7. The van der Waals surface area contributed by atoms with Crippen LogP contribution in [0.3, 0.4) is 0 Å². The monoisotopic (exact) mass is 290 g/mol. The second-order valence-electron chi connectivity index (χ2n) is 5.45. The van der Waals surface area contributed by atoms with Crippen LogP contribution in [0.2, 0.25) is 0 Å². The number of aromatic nitrogens is 3. The molecule has 0 aromatic carbocycles. The van der Waals surface area contributed by atoms with Crippen molar-refractivity contribution in [2.45, 2.75) is 32.9 Å². The van der Waals surface area contributed by atoms with E-state index < -0.39 is 6.17 Å². The van der Waals surface area contributed by atoms with Gasteiger partial charge in [0.1, 0.15) is 23.2 Å². The van der Waals surface area contributed by atoms with Crippen LogP contribution in [0.4, 0.5) is 10.2 Å². The Morgan fingerprint density at radius 3 is 2.81 bits per heavy atom. The Kier molecular flexibility index (Phi) is 3.61. The summed E-state index contributed by atoms with van der Waals surface area (Å²) in [6, 6.07) is 1.91. The quantitative estimate of drug-likeness (QED) is 0.851. The van der Waals surface area contributed by atoms with Gasteiger partial charge in [0.05, 0.1) is 19.2 Å². The standard InChI is InChI=1S/C15H19FN4O/c1-9-7-12-13(15(17-9)21-3)14(19-10(2)18-12)20-6-4-5-11(16)8-20/h7,11H,4-6,8H2,1-3H3. The van der Waals surface area contributed by atoms with Gasteiger partial charge in [-0.1, -0.05) is 0 Å². The van der Waals surface area contributed by atoms with Crippen molar-refractivity contribution in [2.75, 3.05) is 25.1 Å². The molecule has 2 aromatic heterocycles. The Hall–Kier alpha value is -1.98. The number of alkyl halides is 1. The topological polar surface area (TPSA) is 51.1 Å². The largest absolute Gasteiger partial charge is 0.480 e. The van der Waals surface area contributed by atoms with Crippen molar-refractivity contribution in [3.63, 3.8) is 0 Å². The van der Waals surface area contributed by atoms with Crippen LogP contribution in [-0.4, -0.2) is 41.3 Å². The predicted octanol–water partition coefficient (Wildman–Crippen LogP) is 2.59. The maximum absolute atomic E-state index is 13.7. The number of hydrogen-bond acceptors (Lipinski definition) is 5. The molecule has 3 heterocycles. The molecule has 21 heavy (non-hydrogen) atoms. The van der Waals surface area contributed by atoms with Gasteiger partial charge in [-0.15, -0.1) is 0 Å². The smallest absolute Gasteiger partial charge is 0.226 e. The zero-order valence-electron chi connectivity index (χ0n) is 12.6. The highest BCUT2D eigenvalue weighted by atomic mass is 19.1. The van der Waals surface area contributed by atoms with E-state index in [1.54, 1.807) is 7.11 Å². The molecule has 5 nitrogen and oxygen atoms in total. The molecule has 112 valence electrons. The van der Waals surface area contributed by atoms with E-state index in [-0.39, 0.29) is 0 Å². The zero-order valence-corrected chi connectivity index (χ0v) is 12.6. The van der Waals surface area contributed by atoms with Gasteiger partial charge < -0.3 is 9.64 Å². The molecular weight excluding hydrogens is 271 g/mol. The van der Waals surface area contributed by atoms with E-state index in [0.29, 0.717) is 24.7 Å². The third kappa shape index (κ3) is 2.62.